The molecule has 0 fully saturated rings. The van der Waals surface area contributed by atoms with E-state index in [9.17, 15) is 4.79 Å². The van der Waals surface area contributed by atoms with E-state index in [0.717, 1.165) is 29.6 Å². The van der Waals surface area contributed by atoms with Crippen LogP contribution in [0, 0.1) is 0 Å². The first-order valence-electron chi connectivity index (χ1n) is 8.10. The number of fused-ring (bicyclic) bond motifs is 1. The minimum Gasteiger partial charge on any atom is -0.494 e. The van der Waals surface area contributed by atoms with E-state index >= 15 is 0 Å². The van der Waals surface area contributed by atoms with Gasteiger partial charge in [0.2, 0.25) is 5.28 Å². The lowest BCUT2D eigenvalue weighted by molar-refractivity contribution is 0.262. The van der Waals surface area contributed by atoms with Crippen LogP contribution in [-0.4, -0.2) is 22.6 Å². The molecule has 130 valence electrons. The van der Waals surface area contributed by atoms with Crippen LogP contribution in [-0.2, 0) is 0 Å². The molecule has 1 heterocycles. The number of rotatable bonds is 6. The molecule has 7 heteroatoms. The molecule has 1 aromatic heterocycles. The van der Waals surface area contributed by atoms with Crippen molar-refractivity contribution < 1.29 is 9.53 Å². The van der Waals surface area contributed by atoms with Gasteiger partial charge in [-0.2, -0.15) is 0 Å². The smallest absolute Gasteiger partial charge is 0.323 e. The van der Waals surface area contributed by atoms with Crippen molar-refractivity contribution >= 4 is 40.0 Å². The number of anilines is 2. The SMILES string of the molecule is CCCCOc1ccc(NC(=O)Nc2ccc3nc(Cl)[nH]c3c2)cc1. The number of aromatic amines is 1. The molecule has 0 spiro atoms. The number of unbranched alkanes of at least 4 members (excludes halogenated alkanes) is 1. The van der Waals surface area contributed by atoms with E-state index in [0.29, 0.717) is 23.3 Å². The number of amides is 2. The maximum Gasteiger partial charge on any atom is 0.323 e. The molecule has 0 saturated heterocycles. The van der Waals surface area contributed by atoms with Crippen LogP contribution in [0.3, 0.4) is 0 Å². The van der Waals surface area contributed by atoms with Crippen molar-refractivity contribution in [2.24, 2.45) is 0 Å². The van der Waals surface area contributed by atoms with E-state index in [1.165, 1.54) is 0 Å². The summed E-state index contributed by atoms with van der Waals surface area (Å²) in [5.74, 6) is 0.793. The number of imidazole rings is 1. The summed E-state index contributed by atoms with van der Waals surface area (Å²) in [5, 5.41) is 5.87. The fourth-order valence-corrected chi connectivity index (χ4v) is 2.51. The number of ether oxygens (including phenoxy) is 1. The maximum atomic E-state index is 12.1. The standard InChI is InChI=1S/C18H19ClN4O2/c1-2-3-10-25-14-7-4-12(5-8-14)20-18(24)21-13-6-9-15-16(11-13)23-17(19)22-15/h4-9,11H,2-3,10H2,1H3,(H,22,23)(H2,20,21,24). The van der Waals surface area contributed by atoms with E-state index in [-0.39, 0.29) is 6.03 Å². The number of hydrogen-bond donors (Lipinski definition) is 3. The number of nitrogens with one attached hydrogen (secondary N) is 3. The van der Waals surface area contributed by atoms with Gasteiger partial charge in [-0.3, -0.25) is 0 Å². The number of carbonyl (C=O) groups is 1. The number of aromatic nitrogens is 2. The second-order valence-corrected chi connectivity index (χ2v) is 5.92. The summed E-state index contributed by atoms with van der Waals surface area (Å²) >= 11 is 5.82. The van der Waals surface area contributed by atoms with Crippen molar-refractivity contribution in [1.29, 1.82) is 0 Å². The molecule has 0 radical (unpaired) electrons. The highest BCUT2D eigenvalue weighted by Gasteiger charge is 2.06. The fraction of sp³-hybridized carbons (Fsp3) is 0.222. The Balaban J connectivity index is 1.57. The Kier molecular flexibility index (Phi) is 5.40. The molecule has 2 amide bonds. The summed E-state index contributed by atoms with van der Waals surface area (Å²) in [5.41, 5.74) is 2.84. The van der Waals surface area contributed by atoms with Gasteiger partial charge in [-0.25, -0.2) is 9.78 Å². The first kappa shape index (κ1) is 17.1. The van der Waals surface area contributed by atoms with Gasteiger partial charge in [0.25, 0.3) is 0 Å². The average molecular weight is 359 g/mol. The molecule has 3 rings (SSSR count). The lowest BCUT2D eigenvalue weighted by Crippen LogP contribution is -2.19. The van der Waals surface area contributed by atoms with Gasteiger partial charge in [0, 0.05) is 11.4 Å². The molecule has 0 unspecified atom stereocenters. The van der Waals surface area contributed by atoms with Crippen LogP contribution in [0.2, 0.25) is 5.28 Å². The lowest BCUT2D eigenvalue weighted by atomic mass is 10.3. The van der Waals surface area contributed by atoms with Crippen LogP contribution >= 0.6 is 11.6 Å². The normalized spacial score (nSPS) is 10.6. The molecule has 0 atom stereocenters. The number of H-pyrrole nitrogens is 1. The second-order valence-electron chi connectivity index (χ2n) is 5.57. The maximum absolute atomic E-state index is 12.1. The molecule has 0 bridgehead atoms. The van der Waals surface area contributed by atoms with Crippen molar-refractivity contribution in [2.45, 2.75) is 19.8 Å². The molecule has 3 N–H and O–H groups in total. The predicted molar refractivity (Wildman–Crippen MR) is 101 cm³/mol. The molecule has 3 aromatic rings. The summed E-state index contributed by atoms with van der Waals surface area (Å²) in [6.07, 6.45) is 2.12. The number of urea groups is 1. The summed E-state index contributed by atoms with van der Waals surface area (Å²) in [7, 11) is 0. The van der Waals surface area contributed by atoms with Crippen LogP contribution in [0.4, 0.5) is 16.2 Å². The summed E-state index contributed by atoms with van der Waals surface area (Å²) < 4.78 is 5.60. The lowest BCUT2D eigenvalue weighted by Gasteiger charge is -2.09. The quantitative estimate of drug-likeness (QED) is 0.540. The van der Waals surface area contributed by atoms with Crippen LogP contribution < -0.4 is 15.4 Å². The third-order valence-corrected chi connectivity index (χ3v) is 3.77. The average Bonchev–Trinajstić information content (AvgIpc) is 2.96. The number of carbonyl (C=O) groups excluding carboxylic acids is 1. The Morgan fingerprint density at radius 2 is 1.88 bits per heavy atom. The van der Waals surface area contributed by atoms with Gasteiger partial charge in [-0.1, -0.05) is 13.3 Å². The van der Waals surface area contributed by atoms with Gasteiger partial charge >= 0.3 is 6.03 Å². The first-order valence-corrected chi connectivity index (χ1v) is 8.48. The second kappa shape index (κ2) is 7.90. The Morgan fingerprint density at radius 3 is 2.64 bits per heavy atom. The molecule has 2 aromatic carbocycles. The zero-order chi connectivity index (χ0) is 17.6. The Labute approximate surface area is 150 Å². The van der Waals surface area contributed by atoms with E-state index in [4.69, 9.17) is 16.3 Å². The van der Waals surface area contributed by atoms with Gasteiger partial charge in [0.15, 0.2) is 0 Å². The summed E-state index contributed by atoms with van der Waals surface area (Å²) in [6, 6.07) is 12.3. The van der Waals surface area contributed by atoms with E-state index in [2.05, 4.69) is 27.5 Å². The van der Waals surface area contributed by atoms with E-state index in [1.54, 1.807) is 30.3 Å². The third-order valence-electron chi connectivity index (χ3n) is 3.59. The molecular weight excluding hydrogens is 340 g/mol. The highest BCUT2D eigenvalue weighted by molar-refractivity contribution is 6.29. The van der Waals surface area contributed by atoms with Crippen molar-refractivity contribution in [3.05, 3.63) is 47.7 Å². The first-order chi connectivity index (χ1) is 12.1. The van der Waals surface area contributed by atoms with Crippen LogP contribution in [0.5, 0.6) is 5.75 Å². The third kappa shape index (κ3) is 4.64. The van der Waals surface area contributed by atoms with Crippen LogP contribution in [0.15, 0.2) is 42.5 Å². The number of nitrogens with zero attached hydrogens (tertiary/aromatic N) is 1. The Bertz CT molecular complexity index is 861. The van der Waals surface area contributed by atoms with E-state index in [1.807, 2.05) is 12.1 Å². The Hall–Kier alpha value is -2.73. The van der Waals surface area contributed by atoms with Crippen molar-refractivity contribution in [2.75, 3.05) is 17.2 Å². The molecule has 0 aliphatic carbocycles. The van der Waals surface area contributed by atoms with Crippen molar-refractivity contribution in [1.82, 2.24) is 9.97 Å². The molecular formula is C18H19ClN4O2. The fourth-order valence-electron chi connectivity index (χ4n) is 2.32. The zero-order valence-electron chi connectivity index (χ0n) is 13.8. The van der Waals surface area contributed by atoms with Crippen molar-refractivity contribution in [3.63, 3.8) is 0 Å². The van der Waals surface area contributed by atoms with Gasteiger partial charge < -0.3 is 20.4 Å². The number of halogens is 1. The number of hydrogen-bond acceptors (Lipinski definition) is 3. The van der Waals surface area contributed by atoms with Gasteiger partial charge in [-0.05, 0) is 60.5 Å². The van der Waals surface area contributed by atoms with Crippen LogP contribution in [0.25, 0.3) is 11.0 Å². The predicted octanol–water partition coefficient (Wildman–Crippen LogP) is 5.04. The monoisotopic (exact) mass is 358 g/mol. The van der Waals surface area contributed by atoms with Gasteiger partial charge in [-0.15, -0.1) is 0 Å². The van der Waals surface area contributed by atoms with Crippen molar-refractivity contribution in [3.8, 4) is 5.75 Å². The van der Waals surface area contributed by atoms with Gasteiger partial charge in [0.1, 0.15) is 5.75 Å². The summed E-state index contributed by atoms with van der Waals surface area (Å²) in [6.45, 7) is 2.82. The topological polar surface area (TPSA) is 79.0 Å². The highest BCUT2D eigenvalue weighted by atomic mass is 35.5. The van der Waals surface area contributed by atoms with Crippen LogP contribution in [0.1, 0.15) is 19.8 Å². The van der Waals surface area contributed by atoms with E-state index < -0.39 is 0 Å². The minimum absolute atomic E-state index is 0.317. The largest absolute Gasteiger partial charge is 0.494 e. The molecule has 6 nitrogen and oxygen atoms in total. The minimum atomic E-state index is -0.329. The molecule has 0 aliphatic rings. The number of benzene rings is 2. The Morgan fingerprint density at radius 1 is 1.16 bits per heavy atom. The van der Waals surface area contributed by atoms with Gasteiger partial charge in [0.05, 0.1) is 17.6 Å². The zero-order valence-corrected chi connectivity index (χ0v) is 14.6. The highest BCUT2D eigenvalue weighted by Crippen LogP contribution is 2.20. The molecule has 25 heavy (non-hydrogen) atoms. The summed E-state index contributed by atoms with van der Waals surface area (Å²) in [4.78, 5) is 19.1. The molecule has 0 aliphatic heterocycles. The molecule has 0 saturated carbocycles.